The standard InChI is InChI=1S/C19H21BN2O3/c1-18(2)19(3,4)25-20(24-18)15-6-9-17(10-7-15)23-13-14-5-8-16(11-21)22-12-14/h5-10,12H,13H2,1-4H3. The molecule has 0 unspecified atom stereocenters. The van der Waals surface area contributed by atoms with Crippen molar-refractivity contribution < 1.29 is 14.0 Å². The van der Waals surface area contributed by atoms with Crippen molar-refractivity contribution in [2.75, 3.05) is 0 Å². The minimum atomic E-state index is -0.373. The molecule has 25 heavy (non-hydrogen) atoms. The number of nitriles is 1. The number of rotatable bonds is 4. The highest BCUT2D eigenvalue weighted by atomic mass is 16.7. The Kier molecular flexibility index (Phi) is 4.55. The van der Waals surface area contributed by atoms with Gasteiger partial charge in [-0.15, -0.1) is 0 Å². The molecule has 3 rings (SSSR count). The van der Waals surface area contributed by atoms with Gasteiger partial charge in [0.1, 0.15) is 24.1 Å². The first-order valence-corrected chi connectivity index (χ1v) is 8.24. The van der Waals surface area contributed by atoms with Crippen LogP contribution in [-0.4, -0.2) is 23.3 Å². The van der Waals surface area contributed by atoms with Crippen LogP contribution in [0.4, 0.5) is 0 Å². The highest BCUT2D eigenvalue weighted by Crippen LogP contribution is 2.36. The van der Waals surface area contributed by atoms with Gasteiger partial charge in [-0.05, 0) is 51.4 Å². The van der Waals surface area contributed by atoms with Crippen molar-refractivity contribution in [2.24, 2.45) is 0 Å². The Labute approximate surface area is 148 Å². The van der Waals surface area contributed by atoms with E-state index < -0.39 is 0 Å². The average molecular weight is 336 g/mol. The molecule has 1 aromatic carbocycles. The van der Waals surface area contributed by atoms with E-state index in [0.717, 1.165) is 16.8 Å². The molecule has 5 nitrogen and oxygen atoms in total. The zero-order valence-corrected chi connectivity index (χ0v) is 14.9. The topological polar surface area (TPSA) is 64.4 Å². The predicted octanol–water partition coefficient (Wildman–Crippen LogP) is 2.83. The molecule has 2 heterocycles. The number of benzene rings is 1. The largest absolute Gasteiger partial charge is 0.494 e. The second kappa shape index (κ2) is 6.51. The van der Waals surface area contributed by atoms with Crippen molar-refractivity contribution in [3.05, 3.63) is 53.9 Å². The van der Waals surface area contributed by atoms with Crippen LogP contribution in [0.5, 0.6) is 5.75 Å². The quantitative estimate of drug-likeness (QED) is 0.804. The minimum absolute atomic E-state index is 0.352. The smallest absolute Gasteiger partial charge is 0.489 e. The second-order valence-electron chi connectivity index (χ2n) is 7.11. The maximum Gasteiger partial charge on any atom is 0.494 e. The number of hydrogen-bond acceptors (Lipinski definition) is 5. The van der Waals surface area contributed by atoms with E-state index in [1.165, 1.54) is 0 Å². The van der Waals surface area contributed by atoms with Crippen LogP contribution in [0.3, 0.4) is 0 Å². The summed E-state index contributed by atoms with van der Waals surface area (Å²) in [5.74, 6) is 0.754. The zero-order valence-electron chi connectivity index (χ0n) is 14.9. The van der Waals surface area contributed by atoms with Crippen molar-refractivity contribution in [1.82, 2.24) is 4.98 Å². The Morgan fingerprint density at radius 3 is 2.20 bits per heavy atom. The molecular formula is C19H21BN2O3. The van der Waals surface area contributed by atoms with E-state index in [4.69, 9.17) is 19.3 Å². The molecule has 2 aromatic rings. The Hall–Kier alpha value is -2.36. The monoisotopic (exact) mass is 336 g/mol. The van der Waals surface area contributed by atoms with E-state index >= 15 is 0 Å². The summed E-state index contributed by atoms with van der Waals surface area (Å²) < 4.78 is 17.8. The lowest BCUT2D eigenvalue weighted by Gasteiger charge is -2.32. The van der Waals surface area contributed by atoms with Gasteiger partial charge in [-0.3, -0.25) is 0 Å². The molecule has 0 aliphatic carbocycles. The van der Waals surface area contributed by atoms with Crippen molar-refractivity contribution in [3.8, 4) is 11.8 Å². The first-order valence-electron chi connectivity index (χ1n) is 8.24. The summed E-state index contributed by atoms with van der Waals surface area (Å²) in [6.07, 6.45) is 1.65. The van der Waals surface area contributed by atoms with Gasteiger partial charge in [-0.2, -0.15) is 5.26 Å². The molecule has 128 valence electrons. The van der Waals surface area contributed by atoms with Crippen molar-refractivity contribution in [2.45, 2.75) is 45.5 Å². The number of nitrogens with zero attached hydrogens (tertiary/aromatic N) is 2. The number of aromatic nitrogens is 1. The molecular weight excluding hydrogens is 315 g/mol. The molecule has 0 spiro atoms. The third kappa shape index (κ3) is 3.68. The molecule has 1 aliphatic heterocycles. The molecule has 6 heteroatoms. The highest BCUT2D eigenvalue weighted by molar-refractivity contribution is 6.62. The Morgan fingerprint density at radius 1 is 1.04 bits per heavy atom. The van der Waals surface area contributed by atoms with Gasteiger partial charge < -0.3 is 14.0 Å². The third-order valence-corrected chi connectivity index (χ3v) is 4.75. The number of hydrogen-bond donors (Lipinski definition) is 0. The van der Waals surface area contributed by atoms with Crippen LogP contribution in [0.2, 0.25) is 0 Å². The van der Waals surface area contributed by atoms with Crippen LogP contribution in [0.15, 0.2) is 42.6 Å². The Balaban J connectivity index is 1.62. The predicted molar refractivity (Wildman–Crippen MR) is 95.4 cm³/mol. The van der Waals surface area contributed by atoms with Crippen LogP contribution in [0, 0.1) is 11.3 Å². The van der Waals surface area contributed by atoms with E-state index in [1.807, 2.05) is 64.1 Å². The fourth-order valence-electron chi connectivity index (χ4n) is 2.44. The van der Waals surface area contributed by atoms with Crippen LogP contribution < -0.4 is 10.2 Å². The third-order valence-electron chi connectivity index (χ3n) is 4.75. The molecule has 0 amide bonds. The number of pyridine rings is 1. The van der Waals surface area contributed by atoms with Crippen LogP contribution >= 0.6 is 0 Å². The lowest BCUT2D eigenvalue weighted by atomic mass is 9.79. The van der Waals surface area contributed by atoms with E-state index in [0.29, 0.717) is 12.3 Å². The summed E-state index contributed by atoms with van der Waals surface area (Å²) in [6, 6.07) is 13.2. The lowest BCUT2D eigenvalue weighted by molar-refractivity contribution is 0.00578. The summed E-state index contributed by atoms with van der Waals surface area (Å²) >= 11 is 0. The molecule has 1 aromatic heterocycles. The Bertz CT molecular complexity index is 764. The SMILES string of the molecule is CC1(C)OB(c2ccc(OCc3ccc(C#N)nc3)cc2)OC1(C)C. The average Bonchev–Trinajstić information content (AvgIpc) is 2.82. The lowest BCUT2D eigenvalue weighted by Crippen LogP contribution is -2.41. The summed E-state index contributed by atoms with van der Waals surface area (Å²) in [5.41, 5.74) is 1.57. The fraction of sp³-hybridized carbons (Fsp3) is 0.368. The molecule has 0 atom stereocenters. The van der Waals surface area contributed by atoms with Gasteiger partial charge >= 0.3 is 7.12 Å². The summed E-state index contributed by atoms with van der Waals surface area (Å²) in [6.45, 7) is 8.55. The van der Waals surface area contributed by atoms with Gasteiger partial charge in [0.05, 0.1) is 11.2 Å². The van der Waals surface area contributed by atoms with E-state index in [2.05, 4.69) is 4.98 Å². The van der Waals surface area contributed by atoms with Gasteiger partial charge in [-0.25, -0.2) is 4.98 Å². The highest BCUT2D eigenvalue weighted by Gasteiger charge is 2.51. The second-order valence-corrected chi connectivity index (χ2v) is 7.11. The zero-order chi connectivity index (χ0) is 18.1. The van der Waals surface area contributed by atoms with Crippen LogP contribution in [0.25, 0.3) is 0 Å². The molecule has 0 radical (unpaired) electrons. The normalized spacial score (nSPS) is 18.0. The summed E-state index contributed by atoms with van der Waals surface area (Å²) in [7, 11) is -0.373. The van der Waals surface area contributed by atoms with E-state index in [1.54, 1.807) is 12.3 Å². The Morgan fingerprint density at radius 2 is 1.68 bits per heavy atom. The summed E-state index contributed by atoms with van der Waals surface area (Å²) in [5, 5.41) is 8.75. The molecule has 0 bridgehead atoms. The van der Waals surface area contributed by atoms with Gasteiger partial charge in [-0.1, -0.05) is 18.2 Å². The fourth-order valence-corrected chi connectivity index (χ4v) is 2.44. The van der Waals surface area contributed by atoms with E-state index in [-0.39, 0.29) is 18.3 Å². The van der Waals surface area contributed by atoms with Gasteiger partial charge in [0, 0.05) is 11.8 Å². The first-order chi connectivity index (χ1) is 11.8. The first kappa shape index (κ1) is 17.5. The molecule has 1 saturated heterocycles. The van der Waals surface area contributed by atoms with Crippen molar-refractivity contribution >= 4 is 12.6 Å². The summed E-state index contributed by atoms with van der Waals surface area (Å²) in [4.78, 5) is 4.03. The van der Waals surface area contributed by atoms with Crippen LogP contribution in [0.1, 0.15) is 39.0 Å². The van der Waals surface area contributed by atoms with E-state index in [9.17, 15) is 0 Å². The maximum absolute atomic E-state index is 8.75. The van der Waals surface area contributed by atoms with Gasteiger partial charge in [0.25, 0.3) is 0 Å². The molecule has 0 N–H and O–H groups in total. The molecule has 0 saturated carbocycles. The number of ether oxygens (including phenoxy) is 1. The maximum atomic E-state index is 8.75. The van der Waals surface area contributed by atoms with Crippen molar-refractivity contribution in [3.63, 3.8) is 0 Å². The van der Waals surface area contributed by atoms with Gasteiger partial charge in [0.15, 0.2) is 0 Å². The van der Waals surface area contributed by atoms with Gasteiger partial charge in [0.2, 0.25) is 0 Å². The molecule has 1 aliphatic rings. The van der Waals surface area contributed by atoms with Crippen LogP contribution in [-0.2, 0) is 15.9 Å². The van der Waals surface area contributed by atoms with Crippen molar-refractivity contribution in [1.29, 1.82) is 5.26 Å². The molecule has 1 fully saturated rings. The minimum Gasteiger partial charge on any atom is -0.489 e.